The van der Waals surface area contributed by atoms with Crippen LogP contribution in [0.5, 0.6) is 0 Å². The largest absolute Gasteiger partial charge is 0.481 e. The van der Waals surface area contributed by atoms with Crippen LogP contribution in [0.3, 0.4) is 0 Å². The van der Waals surface area contributed by atoms with Crippen LogP contribution in [0.25, 0.3) is 11.0 Å². The van der Waals surface area contributed by atoms with Crippen LogP contribution in [0.2, 0.25) is 0 Å². The lowest BCUT2D eigenvalue weighted by Gasteiger charge is -2.30. The monoisotopic (exact) mass is 483 g/mol. The minimum absolute atomic E-state index is 0.216. The molecule has 35 heavy (non-hydrogen) atoms. The van der Waals surface area contributed by atoms with Gasteiger partial charge in [0.05, 0.1) is 36.7 Å². The molecular weight excluding hydrogens is 446 g/mol. The third-order valence-electron chi connectivity index (χ3n) is 8.28. The number of hydrogen-bond acceptors (Lipinski definition) is 5. The van der Waals surface area contributed by atoms with Gasteiger partial charge in [-0.2, -0.15) is 0 Å². The molecule has 1 saturated heterocycles. The summed E-state index contributed by atoms with van der Waals surface area (Å²) in [6.07, 6.45) is 8.19. The van der Waals surface area contributed by atoms with Gasteiger partial charge in [0.2, 0.25) is 0 Å². The molecule has 1 aliphatic carbocycles. The number of carboxylic acids is 1. The lowest BCUT2D eigenvalue weighted by atomic mass is 9.81. The first kappa shape index (κ1) is 24.1. The molecular formula is C27H37N3O5. The van der Waals surface area contributed by atoms with Crippen molar-refractivity contribution >= 4 is 23.1 Å². The molecule has 0 spiro atoms. The molecule has 2 fully saturated rings. The number of ether oxygens (including phenoxy) is 2. The van der Waals surface area contributed by atoms with Crippen molar-refractivity contribution in [2.24, 2.45) is 5.92 Å². The highest BCUT2D eigenvalue weighted by Gasteiger charge is 2.33. The number of methoxy groups -OCH3 is 1. The lowest BCUT2D eigenvalue weighted by molar-refractivity contribution is -0.142. The number of nitrogens with zero attached hydrogens (tertiary/aromatic N) is 3. The Labute approximate surface area is 206 Å². The van der Waals surface area contributed by atoms with Gasteiger partial charge in [0.1, 0.15) is 5.82 Å². The van der Waals surface area contributed by atoms with Gasteiger partial charge in [-0.15, -0.1) is 0 Å². The molecule has 0 radical (unpaired) electrons. The minimum atomic E-state index is -0.684. The van der Waals surface area contributed by atoms with Gasteiger partial charge in [0.25, 0.3) is 0 Å². The molecule has 8 heteroatoms. The first-order valence-corrected chi connectivity index (χ1v) is 13.2. The number of fused-ring (bicyclic) bond motifs is 3. The van der Waals surface area contributed by atoms with Gasteiger partial charge in [-0.05, 0) is 76.3 Å². The van der Waals surface area contributed by atoms with Crippen LogP contribution in [0.1, 0.15) is 87.2 Å². The van der Waals surface area contributed by atoms with Crippen LogP contribution in [-0.4, -0.2) is 58.0 Å². The number of aromatic nitrogens is 2. The second kappa shape index (κ2) is 10.2. The van der Waals surface area contributed by atoms with Crippen molar-refractivity contribution in [2.75, 3.05) is 20.3 Å². The molecule has 3 heterocycles. The van der Waals surface area contributed by atoms with Gasteiger partial charge in [-0.1, -0.05) is 6.07 Å². The van der Waals surface area contributed by atoms with Crippen LogP contribution < -0.4 is 0 Å². The summed E-state index contributed by atoms with van der Waals surface area (Å²) >= 11 is 0. The normalized spacial score (nSPS) is 25.8. The molecule has 1 amide bonds. The summed E-state index contributed by atoms with van der Waals surface area (Å²) in [5.41, 5.74) is 4.43. The second-order valence-corrected chi connectivity index (χ2v) is 10.5. The third-order valence-corrected chi connectivity index (χ3v) is 8.28. The predicted molar refractivity (Wildman–Crippen MR) is 132 cm³/mol. The van der Waals surface area contributed by atoms with E-state index in [4.69, 9.17) is 14.5 Å². The fourth-order valence-electron chi connectivity index (χ4n) is 6.33. The van der Waals surface area contributed by atoms with Gasteiger partial charge in [-0.25, -0.2) is 9.78 Å². The zero-order chi connectivity index (χ0) is 24.5. The molecule has 2 aromatic rings. The Balaban J connectivity index is 1.52. The third kappa shape index (κ3) is 4.77. The number of carbonyl (C=O) groups excluding carboxylic acids is 1. The first-order chi connectivity index (χ1) is 17.0. The van der Waals surface area contributed by atoms with Gasteiger partial charge in [-0.3, -0.25) is 4.79 Å². The summed E-state index contributed by atoms with van der Waals surface area (Å²) in [6.45, 7) is 4.24. The van der Waals surface area contributed by atoms with Crippen molar-refractivity contribution in [3.8, 4) is 0 Å². The van der Waals surface area contributed by atoms with E-state index in [1.807, 2.05) is 0 Å². The van der Waals surface area contributed by atoms with Crippen molar-refractivity contribution in [2.45, 2.75) is 89.3 Å². The fourth-order valence-corrected chi connectivity index (χ4v) is 6.33. The van der Waals surface area contributed by atoms with Crippen LogP contribution >= 0.6 is 0 Å². The number of hydrogen-bond donors (Lipinski definition) is 1. The second-order valence-electron chi connectivity index (χ2n) is 10.5. The molecule has 1 aromatic carbocycles. The van der Waals surface area contributed by atoms with Crippen molar-refractivity contribution in [1.82, 2.24) is 14.5 Å². The SMILES string of the molecule is COC(=O)N1CCc2ccc3c(nc([C@H]4CC[C@H](C(=O)O)CC4)n3[C@@H](C)C[C@@H]3CCCCO3)c2C1. The van der Waals surface area contributed by atoms with Gasteiger partial charge in [0, 0.05) is 30.7 Å². The summed E-state index contributed by atoms with van der Waals surface area (Å²) in [6, 6.07) is 4.60. The van der Waals surface area contributed by atoms with E-state index in [1.165, 1.54) is 19.1 Å². The highest BCUT2D eigenvalue weighted by molar-refractivity contribution is 5.82. The topological polar surface area (TPSA) is 93.9 Å². The molecule has 2 aliphatic heterocycles. The molecule has 2 atom stereocenters. The average Bonchev–Trinajstić information content (AvgIpc) is 3.29. The van der Waals surface area contributed by atoms with Crippen LogP contribution in [0, 0.1) is 5.92 Å². The van der Waals surface area contributed by atoms with E-state index in [0.29, 0.717) is 25.9 Å². The van der Waals surface area contributed by atoms with Crippen LogP contribution in [0.15, 0.2) is 12.1 Å². The lowest BCUT2D eigenvalue weighted by Crippen LogP contribution is -2.35. The van der Waals surface area contributed by atoms with E-state index in [9.17, 15) is 14.7 Å². The molecule has 1 aromatic heterocycles. The number of rotatable bonds is 5. The number of carboxylic acid groups (broad SMARTS) is 1. The van der Waals surface area contributed by atoms with Crippen LogP contribution in [-0.2, 0) is 27.2 Å². The summed E-state index contributed by atoms with van der Waals surface area (Å²) in [5, 5.41) is 9.48. The highest BCUT2D eigenvalue weighted by Crippen LogP contribution is 2.40. The zero-order valence-corrected chi connectivity index (χ0v) is 20.9. The van der Waals surface area contributed by atoms with Gasteiger partial charge in [0.15, 0.2) is 0 Å². The Kier molecular flexibility index (Phi) is 7.00. The number of carbonyl (C=O) groups is 2. The molecule has 0 bridgehead atoms. The van der Waals surface area contributed by atoms with Gasteiger partial charge < -0.3 is 24.0 Å². The van der Waals surface area contributed by atoms with Crippen molar-refractivity contribution in [3.05, 3.63) is 29.1 Å². The molecule has 3 aliphatic rings. The Bertz CT molecular complexity index is 1080. The number of imidazole rings is 1. The smallest absolute Gasteiger partial charge is 0.409 e. The Hall–Kier alpha value is -2.61. The fraction of sp³-hybridized carbons (Fsp3) is 0.667. The summed E-state index contributed by atoms with van der Waals surface area (Å²) < 4.78 is 13.5. The standard InChI is InChI=1S/C27H37N3O5/c1-17(15-21-5-3-4-14-35-21)30-23-11-10-18-12-13-29(27(33)34-2)16-22(18)24(23)28-25(30)19-6-8-20(9-7-19)26(31)32/h10-11,17,19-21H,3-9,12-16H2,1-2H3,(H,31,32)/t17-,19-,20-,21-/m0/s1. The van der Waals surface area contributed by atoms with E-state index in [0.717, 1.165) is 67.6 Å². The Morgan fingerprint density at radius 3 is 2.69 bits per heavy atom. The predicted octanol–water partition coefficient (Wildman–Crippen LogP) is 5.04. The molecule has 1 N–H and O–H groups in total. The molecule has 8 nitrogen and oxygen atoms in total. The number of aliphatic carboxylic acids is 1. The molecule has 5 rings (SSSR count). The van der Waals surface area contributed by atoms with Gasteiger partial charge >= 0.3 is 12.1 Å². The Morgan fingerprint density at radius 2 is 2.00 bits per heavy atom. The summed E-state index contributed by atoms with van der Waals surface area (Å²) in [4.78, 5) is 30.8. The van der Waals surface area contributed by atoms with Crippen LogP contribution in [0.4, 0.5) is 4.79 Å². The van der Waals surface area contributed by atoms with E-state index >= 15 is 0 Å². The van der Waals surface area contributed by atoms with Crippen molar-refractivity contribution < 1.29 is 24.2 Å². The minimum Gasteiger partial charge on any atom is -0.481 e. The molecule has 0 unspecified atom stereocenters. The summed E-state index contributed by atoms with van der Waals surface area (Å²) in [5.74, 6) is 0.370. The summed E-state index contributed by atoms with van der Waals surface area (Å²) in [7, 11) is 1.42. The van der Waals surface area contributed by atoms with E-state index in [1.54, 1.807) is 4.90 Å². The van der Waals surface area contributed by atoms with Crippen molar-refractivity contribution in [1.29, 1.82) is 0 Å². The highest BCUT2D eigenvalue weighted by atomic mass is 16.5. The van der Waals surface area contributed by atoms with E-state index in [-0.39, 0.29) is 30.1 Å². The van der Waals surface area contributed by atoms with E-state index in [2.05, 4.69) is 23.6 Å². The molecule has 1 saturated carbocycles. The quantitative estimate of drug-likeness (QED) is 0.640. The Morgan fingerprint density at radius 1 is 1.20 bits per heavy atom. The maximum Gasteiger partial charge on any atom is 0.409 e. The zero-order valence-electron chi connectivity index (χ0n) is 20.9. The van der Waals surface area contributed by atoms with E-state index < -0.39 is 5.97 Å². The van der Waals surface area contributed by atoms with Crippen molar-refractivity contribution in [3.63, 3.8) is 0 Å². The average molecular weight is 484 g/mol. The first-order valence-electron chi connectivity index (χ1n) is 13.2. The number of benzene rings is 1. The number of amides is 1. The maximum absolute atomic E-state index is 12.3. The maximum atomic E-state index is 12.3. The molecule has 190 valence electrons.